The zero-order chi connectivity index (χ0) is 12.5. The van der Waals surface area contributed by atoms with Gasteiger partial charge in [-0.25, -0.2) is 0 Å². The number of guanidine groups is 1. The Morgan fingerprint density at radius 1 is 1.29 bits per heavy atom. The third kappa shape index (κ3) is 5.35. The molecular weight excluding hydrogens is 216 g/mol. The predicted molar refractivity (Wildman–Crippen MR) is 68.4 cm³/mol. The molecule has 0 amide bonds. The van der Waals surface area contributed by atoms with Gasteiger partial charge in [-0.2, -0.15) is 5.10 Å². The Morgan fingerprint density at radius 2 is 2.00 bits per heavy atom. The SMILES string of the molecule is NC(N)=NN=Cc1ccc(C#CCCO)cc1. The number of rotatable bonds is 3. The number of nitrogens with two attached hydrogens (primary N) is 2. The second kappa shape index (κ2) is 7.04. The van der Waals surface area contributed by atoms with Gasteiger partial charge in [0.25, 0.3) is 0 Å². The Hall–Kier alpha value is -2.32. The summed E-state index contributed by atoms with van der Waals surface area (Å²) in [5.41, 5.74) is 12.0. The van der Waals surface area contributed by atoms with Crippen molar-refractivity contribution in [2.24, 2.45) is 21.7 Å². The second-order valence-electron chi connectivity index (χ2n) is 3.17. The van der Waals surface area contributed by atoms with Crippen molar-refractivity contribution in [2.75, 3.05) is 6.61 Å². The molecule has 0 saturated heterocycles. The highest BCUT2D eigenvalue weighted by Gasteiger charge is 1.88. The normalized spacial score (nSPS) is 9.71. The summed E-state index contributed by atoms with van der Waals surface area (Å²) >= 11 is 0. The van der Waals surface area contributed by atoms with Crippen molar-refractivity contribution in [3.63, 3.8) is 0 Å². The molecule has 0 aromatic heterocycles. The van der Waals surface area contributed by atoms with Crippen LogP contribution in [-0.4, -0.2) is 23.9 Å². The van der Waals surface area contributed by atoms with Crippen LogP contribution in [0.3, 0.4) is 0 Å². The predicted octanol–water partition coefficient (Wildman–Crippen LogP) is 0.0278. The van der Waals surface area contributed by atoms with E-state index < -0.39 is 0 Å². The summed E-state index contributed by atoms with van der Waals surface area (Å²) in [7, 11) is 0. The van der Waals surface area contributed by atoms with E-state index in [-0.39, 0.29) is 12.6 Å². The van der Waals surface area contributed by atoms with E-state index in [9.17, 15) is 0 Å². The van der Waals surface area contributed by atoms with Crippen LogP contribution in [0.25, 0.3) is 0 Å². The lowest BCUT2D eigenvalue weighted by atomic mass is 10.1. The van der Waals surface area contributed by atoms with Crippen molar-refractivity contribution in [2.45, 2.75) is 6.42 Å². The number of nitrogens with zero attached hydrogens (tertiary/aromatic N) is 2. The summed E-state index contributed by atoms with van der Waals surface area (Å²) < 4.78 is 0. The van der Waals surface area contributed by atoms with Crippen LogP contribution in [0.5, 0.6) is 0 Å². The molecule has 0 aliphatic heterocycles. The van der Waals surface area contributed by atoms with E-state index in [0.717, 1.165) is 11.1 Å². The first-order chi connectivity index (χ1) is 8.22. The van der Waals surface area contributed by atoms with Gasteiger partial charge in [0, 0.05) is 12.0 Å². The molecule has 5 N–H and O–H groups in total. The molecule has 1 aromatic rings. The Morgan fingerprint density at radius 3 is 2.59 bits per heavy atom. The van der Waals surface area contributed by atoms with Gasteiger partial charge in [-0.05, 0) is 17.7 Å². The topological polar surface area (TPSA) is 97.0 Å². The van der Waals surface area contributed by atoms with Crippen LogP contribution < -0.4 is 11.5 Å². The highest BCUT2D eigenvalue weighted by Crippen LogP contribution is 2.01. The number of aliphatic hydroxyl groups is 1. The summed E-state index contributed by atoms with van der Waals surface area (Å²) in [6, 6.07) is 7.44. The van der Waals surface area contributed by atoms with Gasteiger partial charge in [-0.1, -0.05) is 24.0 Å². The molecule has 0 aliphatic carbocycles. The van der Waals surface area contributed by atoms with Gasteiger partial charge in [0.05, 0.1) is 12.8 Å². The maximum Gasteiger partial charge on any atom is 0.211 e. The van der Waals surface area contributed by atoms with Crippen molar-refractivity contribution in [3.05, 3.63) is 35.4 Å². The minimum atomic E-state index is -0.0762. The zero-order valence-corrected chi connectivity index (χ0v) is 9.30. The van der Waals surface area contributed by atoms with Crippen molar-refractivity contribution >= 4 is 12.2 Å². The smallest absolute Gasteiger partial charge is 0.211 e. The number of aliphatic hydroxyl groups excluding tert-OH is 1. The fourth-order valence-electron chi connectivity index (χ4n) is 1.04. The molecule has 0 bridgehead atoms. The van der Waals surface area contributed by atoms with E-state index in [1.54, 1.807) is 6.21 Å². The molecular formula is C12H14N4O. The molecule has 0 atom stereocenters. The maximum atomic E-state index is 8.58. The van der Waals surface area contributed by atoms with Crippen LogP contribution >= 0.6 is 0 Å². The number of benzene rings is 1. The monoisotopic (exact) mass is 230 g/mol. The molecule has 1 rings (SSSR count). The second-order valence-corrected chi connectivity index (χ2v) is 3.17. The molecule has 17 heavy (non-hydrogen) atoms. The fourth-order valence-corrected chi connectivity index (χ4v) is 1.04. The summed E-state index contributed by atoms with van der Waals surface area (Å²) in [4.78, 5) is 0. The first-order valence-electron chi connectivity index (χ1n) is 5.04. The molecule has 0 unspecified atom stereocenters. The van der Waals surface area contributed by atoms with Crippen LogP contribution in [0.1, 0.15) is 17.5 Å². The van der Waals surface area contributed by atoms with E-state index in [1.807, 2.05) is 24.3 Å². The van der Waals surface area contributed by atoms with E-state index in [1.165, 1.54) is 0 Å². The minimum Gasteiger partial charge on any atom is -0.395 e. The van der Waals surface area contributed by atoms with Gasteiger partial charge < -0.3 is 16.6 Å². The summed E-state index contributed by atoms with van der Waals surface area (Å²) in [5.74, 6) is 5.69. The average Bonchev–Trinajstić information content (AvgIpc) is 2.31. The lowest BCUT2D eigenvalue weighted by Crippen LogP contribution is -2.21. The third-order valence-electron chi connectivity index (χ3n) is 1.76. The Kier molecular flexibility index (Phi) is 5.28. The van der Waals surface area contributed by atoms with Crippen molar-refractivity contribution in [1.82, 2.24) is 0 Å². The highest BCUT2D eigenvalue weighted by atomic mass is 16.2. The van der Waals surface area contributed by atoms with Crippen molar-refractivity contribution < 1.29 is 5.11 Å². The number of hydrogen-bond donors (Lipinski definition) is 3. The summed E-state index contributed by atoms with van der Waals surface area (Å²) in [6.45, 7) is 0.0796. The summed E-state index contributed by atoms with van der Waals surface area (Å²) in [6.07, 6.45) is 2.03. The average molecular weight is 230 g/mol. The van der Waals surface area contributed by atoms with Gasteiger partial charge in [-0.15, -0.1) is 5.10 Å². The van der Waals surface area contributed by atoms with Crippen LogP contribution in [0, 0.1) is 11.8 Å². The molecule has 1 aromatic carbocycles. The van der Waals surface area contributed by atoms with E-state index >= 15 is 0 Å². The van der Waals surface area contributed by atoms with Crippen LogP contribution in [0.4, 0.5) is 0 Å². The van der Waals surface area contributed by atoms with E-state index in [4.69, 9.17) is 16.6 Å². The van der Waals surface area contributed by atoms with Crippen LogP contribution in [0.2, 0.25) is 0 Å². The van der Waals surface area contributed by atoms with Gasteiger partial charge in [0.2, 0.25) is 5.96 Å². The molecule has 0 saturated carbocycles. The maximum absolute atomic E-state index is 8.58. The molecule has 0 spiro atoms. The molecule has 0 radical (unpaired) electrons. The Balaban J connectivity index is 2.66. The highest BCUT2D eigenvalue weighted by molar-refractivity contribution is 5.81. The first-order valence-corrected chi connectivity index (χ1v) is 5.04. The van der Waals surface area contributed by atoms with Gasteiger partial charge in [0.15, 0.2) is 0 Å². The molecule has 0 heterocycles. The van der Waals surface area contributed by atoms with Gasteiger partial charge in [-0.3, -0.25) is 0 Å². The van der Waals surface area contributed by atoms with E-state index in [0.29, 0.717) is 6.42 Å². The van der Waals surface area contributed by atoms with Crippen LogP contribution in [-0.2, 0) is 0 Å². The third-order valence-corrected chi connectivity index (χ3v) is 1.76. The van der Waals surface area contributed by atoms with Crippen LogP contribution in [0.15, 0.2) is 34.5 Å². The molecule has 0 aliphatic rings. The van der Waals surface area contributed by atoms with Gasteiger partial charge in [0.1, 0.15) is 0 Å². The molecule has 5 heteroatoms. The number of hydrogen-bond acceptors (Lipinski definition) is 3. The zero-order valence-electron chi connectivity index (χ0n) is 9.30. The Labute approximate surface area is 99.9 Å². The molecule has 5 nitrogen and oxygen atoms in total. The standard InChI is InChI=1S/C12H14N4O/c13-12(14)16-15-9-11-6-4-10(5-7-11)3-1-2-8-17/h4-7,9,17H,2,8H2,(H4,13,14,16). The lowest BCUT2D eigenvalue weighted by molar-refractivity contribution is 0.305. The minimum absolute atomic E-state index is 0.0762. The fraction of sp³-hybridized carbons (Fsp3) is 0.167. The molecule has 88 valence electrons. The van der Waals surface area contributed by atoms with Crippen molar-refractivity contribution in [1.29, 1.82) is 0 Å². The Bertz CT molecular complexity index is 462. The first kappa shape index (κ1) is 12.7. The van der Waals surface area contributed by atoms with E-state index in [2.05, 4.69) is 22.0 Å². The molecule has 0 fully saturated rings. The van der Waals surface area contributed by atoms with Crippen molar-refractivity contribution in [3.8, 4) is 11.8 Å². The quantitative estimate of drug-likeness (QED) is 0.296. The largest absolute Gasteiger partial charge is 0.395 e. The summed E-state index contributed by atoms with van der Waals surface area (Å²) in [5, 5.41) is 15.8. The van der Waals surface area contributed by atoms with Gasteiger partial charge >= 0.3 is 0 Å². The lowest BCUT2D eigenvalue weighted by Gasteiger charge is -1.92.